The highest BCUT2D eigenvalue weighted by atomic mass is 35.5. The Balaban J connectivity index is 1.90. The van der Waals surface area contributed by atoms with Gasteiger partial charge in [0.15, 0.2) is 6.10 Å². The standard InChI is InChI=1S/C17H14Cl2N2O2/c1-11(23-15-6-2-12(9-20)3-7-15)17(22)21-10-13-4-5-14(18)8-16(13)19/h2-8,11H,10H2,1H3,(H,21,22)/t11-/m1/s1. The molecule has 0 radical (unpaired) electrons. The predicted molar refractivity (Wildman–Crippen MR) is 89.6 cm³/mol. The molecule has 1 N–H and O–H groups in total. The third-order valence-electron chi connectivity index (χ3n) is 3.13. The van der Waals surface area contributed by atoms with E-state index >= 15 is 0 Å². The summed E-state index contributed by atoms with van der Waals surface area (Å²) in [6.07, 6.45) is -0.672. The van der Waals surface area contributed by atoms with Crippen LogP contribution in [0.2, 0.25) is 10.0 Å². The summed E-state index contributed by atoms with van der Waals surface area (Å²) in [7, 11) is 0. The summed E-state index contributed by atoms with van der Waals surface area (Å²) in [5, 5.41) is 12.5. The van der Waals surface area contributed by atoms with E-state index < -0.39 is 6.10 Å². The van der Waals surface area contributed by atoms with Crippen LogP contribution < -0.4 is 10.1 Å². The number of nitrogens with one attached hydrogen (secondary N) is 1. The van der Waals surface area contributed by atoms with Gasteiger partial charge in [0, 0.05) is 16.6 Å². The molecule has 0 fully saturated rings. The number of carbonyl (C=O) groups excluding carboxylic acids is 1. The predicted octanol–water partition coefficient (Wildman–Crippen LogP) is 3.95. The molecule has 0 heterocycles. The maximum atomic E-state index is 12.1. The zero-order chi connectivity index (χ0) is 16.8. The van der Waals surface area contributed by atoms with E-state index in [1.807, 2.05) is 6.07 Å². The van der Waals surface area contributed by atoms with E-state index in [-0.39, 0.29) is 12.5 Å². The van der Waals surface area contributed by atoms with Gasteiger partial charge in [-0.15, -0.1) is 0 Å². The second kappa shape index (κ2) is 7.87. The van der Waals surface area contributed by atoms with E-state index in [1.165, 1.54) is 0 Å². The highest BCUT2D eigenvalue weighted by molar-refractivity contribution is 6.35. The van der Waals surface area contributed by atoms with Crippen molar-refractivity contribution in [1.29, 1.82) is 5.26 Å². The van der Waals surface area contributed by atoms with Crippen molar-refractivity contribution in [2.24, 2.45) is 0 Å². The molecular formula is C17H14Cl2N2O2. The largest absolute Gasteiger partial charge is 0.481 e. The third-order valence-corrected chi connectivity index (χ3v) is 3.72. The van der Waals surface area contributed by atoms with Crippen LogP contribution in [-0.4, -0.2) is 12.0 Å². The maximum Gasteiger partial charge on any atom is 0.261 e. The number of halogens is 2. The Morgan fingerprint density at radius 3 is 2.57 bits per heavy atom. The molecule has 1 atom stereocenters. The second-order valence-electron chi connectivity index (χ2n) is 4.85. The summed E-state index contributed by atoms with van der Waals surface area (Å²) in [5.74, 6) is 0.261. The molecule has 0 aromatic heterocycles. The van der Waals surface area contributed by atoms with E-state index in [4.69, 9.17) is 33.2 Å². The molecule has 0 saturated heterocycles. The van der Waals surface area contributed by atoms with Gasteiger partial charge >= 0.3 is 0 Å². The van der Waals surface area contributed by atoms with Gasteiger partial charge in [-0.3, -0.25) is 4.79 Å². The van der Waals surface area contributed by atoms with Gasteiger partial charge in [-0.25, -0.2) is 0 Å². The van der Waals surface area contributed by atoms with Crippen molar-refractivity contribution >= 4 is 29.1 Å². The first kappa shape index (κ1) is 17.1. The Labute approximate surface area is 144 Å². The lowest BCUT2D eigenvalue weighted by molar-refractivity contribution is -0.127. The first-order valence-corrected chi connectivity index (χ1v) is 7.63. The molecule has 0 saturated carbocycles. The fourth-order valence-electron chi connectivity index (χ4n) is 1.86. The van der Waals surface area contributed by atoms with Gasteiger partial charge in [-0.05, 0) is 48.9 Å². The quantitative estimate of drug-likeness (QED) is 0.889. The number of nitrogens with zero attached hydrogens (tertiary/aromatic N) is 1. The summed E-state index contributed by atoms with van der Waals surface area (Å²) in [5.41, 5.74) is 1.31. The first-order valence-electron chi connectivity index (χ1n) is 6.88. The summed E-state index contributed by atoms with van der Waals surface area (Å²) >= 11 is 11.9. The van der Waals surface area contributed by atoms with E-state index in [9.17, 15) is 4.79 Å². The van der Waals surface area contributed by atoms with Crippen molar-refractivity contribution in [2.75, 3.05) is 0 Å². The second-order valence-corrected chi connectivity index (χ2v) is 5.69. The molecule has 2 aromatic carbocycles. The number of hydrogen-bond donors (Lipinski definition) is 1. The molecule has 0 bridgehead atoms. The Morgan fingerprint density at radius 2 is 1.96 bits per heavy atom. The number of carbonyl (C=O) groups is 1. The molecule has 0 aliphatic heterocycles. The Bertz CT molecular complexity index is 739. The minimum atomic E-state index is -0.672. The van der Waals surface area contributed by atoms with Crippen LogP contribution in [0.5, 0.6) is 5.75 Å². The SMILES string of the molecule is C[C@@H](Oc1ccc(C#N)cc1)C(=O)NCc1ccc(Cl)cc1Cl. The topological polar surface area (TPSA) is 62.1 Å². The van der Waals surface area contributed by atoms with Crippen LogP contribution in [0, 0.1) is 11.3 Å². The Morgan fingerprint density at radius 1 is 1.26 bits per heavy atom. The van der Waals surface area contributed by atoms with Crippen molar-refractivity contribution < 1.29 is 9.53 Å². The van der Waals surface area contributed by atoms with Crippen molar-refractivity contribution in [2.45, 2.75) is 19.6 Å². The zero-order valence-corrected chi connectivity index (χ0v) is 13.9. The number of benzene rings is 2. The number of rotatable bonds is 5. The summed E-state index contributed by atoms with van der Waals surface area (Å²) in [4.78, 5) is 12.1. The lowest BCUT2D eigenvalue weighted by atomic mass is 10.2. The van der Waals surface area contributed by atoms with Crippen molar-refractivity contribution in [3.63, 3.8) is 0 Å². The lowest BCUT2D eigenvalue weighted by Crippen LogP contribution is -2.35. The Hall–Kier alpha value is -2.22. The number of hydrogen-bond acceptors (Lipinski definition) is 3. The smallest absolute Gasteiger partial charge is 0.261 e. The first-order chi connectivity index (χ1) is 11.0. The fraction of sp³-hybridized carbons (Fsp3) is 0.176. The van der Waals surface area contributed by atoms with Crippen LogP contribution in [0.1, 0.15) is 18.1 Å². The zero-order valence-electron chi connectivity index (χ0n) is 12.3. The number of ether oxygens (including phenoxy) is 1. The number of nitriles is 1. The van der Waals surface area contributed by atoms with Crippen LogP contribution in [0.3, 0.4) is 0 Å². The maximum absolute atomic E-state index is 12.1. The van der Waals surface area contributed by atoms with Crippen molar-refractivity contribution in [1.82, 2.24) is 5.32 Å². The monoisotopic (exact) mass is 348 g/mol. The minimum Gasteiger partial charge on any atom is -0.481 e. The molecule has 2 aromatic rings. The van der Waals surface area contributed by atoms with Crippen LogP contribution in [0.4, 0.5) is 0 Å². The molecule has 1 amide bonds. The van der Waals surface area contributed by atoms with E-state index in [2.05, 4.69) is 5.32 Å². The summed E-state index contributed by atoms with van der Waals surface area (Å²) in [6.45, 7) is 1.94. The van der Waals surface area contributed by atoms with Gasteiger partial charge in [0.2, 0.25) is 0 Å². The average molecular weight is 349 g/mol. The van der Waals surface area contributed by atoms with E-state index in [0.717, 1.165) is 5.56 Å². The Kier molecular flexibility index (Phi) is 5.86. The average Bonchev–Trinajstić information content (AvgIpc) is 2.54. The van der Waals surface area contributed by atoms with E-state index in [1.54, 1.807) is 49.4 Å². The molecule has 4 nitrogen and oxygen atoms in total. The van der Waals surface area contributed by atoms with Crippen molar-refractivity contribution in [3.05, 3.63) is 63.6 Å². The van der Waals surface area contributed by atoms with Crippen LogP contribution in [0.25, 0.3) is 0 Å². The molecular weight excluding hydrogens is 335 g/mol. The lowest BCUT2D eigenvalue weighted by Gasteiger charge is -2.15. The van der Waals surface area contributed by atoms with Gasteiger partial charge in [-0.2, -0.15) is 5.26 Å². The van der Waals surface area contributed by atoms with Crippen LogP contribution in [-0.2, 0) is 11.3 Å². The molecule has 6 heteroatoms. The molecule has 2 rings (SSSR count). The van der Waals surface area contributed by atoms with Gasteiger partial charge in [0.05, 0.1) is 11.6 Å². The number of amides is 1. The summed E-state index contributed by atoms with van der Waals surface area (Å²) in [6, 6.07) is 13.7. The highest BCUT2D eigenvalue weighted by Gasteiger charge is 2.15. The van der Waals surface area contributed by atoms with Gasteiger partial charge in [-0.1, -0.05) is 29.3 Å². The molecule has 0 unspecified atom stereocenters. The molecule has 0 aliphatic rings. The molecule has 0 spiro atoms. The van der Waals surface area contributed by atoms with Gasteiger partial charge < -0.3 is 10.1 Å². The fourth-order valence-corrected chi connectivity index (χ4v) is 2.33. The molecule has 23 heavy (non-hydrogen) atoms. The highest BCUT2D eigenvalue weighted by Crippen LogP contribution is 2.20. The normalized spacial score (nSPS) is 11.4. The van der Waals surface area contributed by atoms with Gasteiger partial charge in [0.1, 0.15) is 5.75 Å². The molecule has 118 valence electrons. The minimum absolute atomic E-state index is 0.264. The van der Waals surface area contributed by atoms with Crippen LogP contribution in [0.15, 0.2) is 42.5 Å². The van der Waals surface area contributed by atoms with E-state index in [0.29, 0.717) is 21.4 Å². The van der Waals surface area contributed by atoms with Crippen molar-refractivity contribution in [3.8, 4) is 11.8 Å². The third kappa shape index (κ3) is 4.88. The summed E-state index contributed by atoms with van der Waals surface area (Å²) < 4.78 is 5.54. The van der Waals surface area contributed by atoms with Gasteiger partial charge in [0.25, 0.3) is 5.91 Å². The molecule has 0 aliphatic carbocycles. The van der Waals surface area contributed by atoms with Crippen LogP contribution >= 0.6 is 23.2 Å².